The maximum absolute atomic E-state index is 11.7. The Kier molecular flexibility index (Phi) is 6.64. The molecule has 0 bridgehead atoms. The molecule has 0 radical (unpaired) electrons. The quantitative estimate of drug-likeness (QED) is 0.293. The Morgan fingerprint density at radius 1 is 1.45 bits per heavy atom. The number of H-pyrrole nitrogens is 1. The van der Waals surface area contributed by atoms with Gasteiger partial charge in [-0.2, -0.15) is 0 Å². The lowest BCUT2D eigenvalue weighted by Gasteiger charge is -2.01. The molecule has 0 aliphatic carbocycles. The van der Waals surface area contributed by atoms with Crippen molar-refractivity contribution in [2.75, 3.05) is 7.11 Å². The first kappa shape index (κ1) is 17.3. The van der Waals surface area contributed by atoms with Gasteiger partial charge in [-0.15, -0.1) is 0 Å². The van der Waals surface area contributed by atoms with Crippen molar-refractivity contribution < 1.29 is 19.2 Å². The summed E-state index contributed by atoms with van der Waals surface area (Å²) in [6, 6.07) is 0. The maximum Gasteiger partial charge on any atom is 0.379 e. The van der Waals surface area contributed by atoms with Crippen LogP contribution in [0, 0.1) is 10.1 Å². The number of carbonyl (C=O) groups excluding carboxylic acids is 2. The Hall–Kier alpha value is -2.70. The normalized spacial score (nSPS) is 8.95. The highest BCUT2D eigenvalue weighted by Crippen LogP contribution is 2.24. The van der Waals surface area contributed by atoms with Gasteiger partial charge < -0.3 is 9.72 Å². The smallest absolute Gasteiger partial charge is 0.379 e. The summed E-state index contributed by atoms with van der Waals surface area (Å²) in [6.45, 7) is 10.7. The summed E-state index contributed by atoms with van der Waals surface area (Å²) in [7, 11) is 1.04. The van der Waals surface area contributed by atoms with Crippen molar-refractivity contribution in [1.82, 2.24) is 4.98 Å². The van der Waals surface area contributed by atoms with Crippen LogP contribution in [0.1, 0.15) is 35.5 Å². The minimum atomic E-state index is -1.11. The van der Waals surface area contributed by atoms with E-state index >= 15 is 0 Å². The number of nitro groups is 1. The van der Waals surface area contributed by atoms with Gasteiger partial charge in [0.2, 0.25) is 0 Å². The predicted molar refractivity (Wildman–Crippen MR) is 74.6 cm³/mol. The SMILES string of the molecule is C=Cc1[nH]cc(C(=O)C(=O)OC)c1C(=C)[N+](=O)[O-].CC. The molecular formula is C13H16N2O5. The summed E-state index contributed by atoms with van der Waals surface area (Å²) >= 11 is 0. The summed E-state index contributed by atoms with van der Waals surface area (Å²) in [5.41, 5.74) is -0.494. The zero-order valence-electron chi connectivity index (χ0n) is 11.6. The Morgan fingerprint density at radius 3 is 2.40 bits per heavy atom. The average Bonchev–Trinajstić information content (AvgIpc) is 2.90. The molecule has 1 aromatic heterocycles. The first-order valence-corrected chi connectivity index (χ1v) is 5.74. The summed E-state index contributed by atoms with van der Waals surface area (Å²) in [6.07, 6.45) is 2.47. The van der Waals surface area contributed by atoms with E-state index in [0.29, 0.717) is 0 Å². The van der Waals surface area contributed by atoms with Gasteiger partial charge in [0.1, 0.15) is 0 Å². The van der Waals surface area contributed by atoms with E-state index in [1.54, 1.807) is 0 Å². The molecule has 0 amide bonds. The van der Waals surface area contributed by atoms with E-state index in [4.69, 9.17) is 0 Å². The molecule has 0 aliphatic heterocycles. The Balaban J connectivity index is 0.00000172. The monoisotopic (exact) mass is 280 g/mol. The van der Waals surface area contributed by atoms with E-state index in [1.165, 1.54) is 12.3 Å². The van der Waals surface area contributed by atoms with Gasteiger partial charge >= 0.3 is 5.97 Å². The lowest BCUT2D eigenvalue weighted by atomic mass is 10.0. The number of hydrogen-bond acceptors (Lipinski definition) is 5. The van der Waals surface area contributed by atoms with E-state index in [9.17, 15) is 19.7 Å². The molecule has 1 heterocycles. The minimum Gasteiger partial charge on any atom is -0.463 e. The fourth-order valence-corrected chi connectivity index (χ4v) is 1.38. The second-order valence-electron chi connectivity index (χ2n) is 3.22. The fraction of sp³-hybridized carbons (Fsp3) is 0.231. The van der Waals surface area contributed by atoms with Gasteiger partial charge in [0.25, 0.3) is 11.5 Å². The van der Waals surface area contributed by atoms with Crippen molar-refractivity contribution >= 4 is 23.5 Å². The zero-order chi connectivity index (χ0) is 15.9. The number of Topliss-reactive ketones (excluding diaryl/α,β-unsaturated/α-hetero) is 1. The number of esters is 1. The molecule has 0 fully saturated rings. The molecule has 0 aliphatic rings. The third-order valence-corrected chi connectivity index (χ3v) is 2.24. The van der Waals surface area contributed by atoms with E-state index in [1.807, 2.05) is 13.8 Å². The molecule has 7 nitrogen and oxygen atoms in total. The lowest BCUT2D eigenvalue weighted by Crippen LogP contribution is -2.17. The van der Waals surface area contributed by atoms with Gasteiger partial charge in [0.15, 0.2) is 0 Å². The van der Waals surface area contributed by atoms with E-state index in [0.717, 1.165) is 7.11 Å². The third kappa shape index (κ3) is 3.41. The predicted octanol–water partition coefficient (Wildman–Crippen LogP) is 2.29. The van der Waals surface area contributed by atoms with Crippen LogP contribution < -0.4 is 0 Å². The third-order valence-electron chi connectivity index (χ3n) is 2.24. The molecule has 0 unspecified atom stereocenters. The van der Waals surface area contributed by atoms with Crippen molar-refractivity contribution in [3.8, 4) is 0 Å². The molecule has 0 saturated heterocycles. The standard InChI is InChI=1S/C11H10N2O5.C2H6/c1-4-8-9(6(2)13(16)17)7(5-12-8)10(14)11(15)18-3;1-2/h4-5,12H,1-2H2,3H3;1-2H3. The number of ketones is 1. The van der Waals surface area contributed by atoms with Crippen molar-refractivity contribution in [2.45, 2.75) is 13.8 Å². The highest BCUT2D eigenvalue weighted by molar-refractivity contribution is 6.41. The highest BCUT2D eigenvalue weighted by Gasteiger charge is 2.28. The molecule has 20 heavy (non-hydrogen) atoms. The summed E-state index contributed by atoms with van der Waals surface area (Å²) < 4.78 is 4.28. The molecule has 1 aromatic rings. The number of aromatic nitrogens is 1. The average molecular weight is 280 g/mol. The molecule has 7 heteroatoms. The second-order valence-corrected chi connectivity index (χ2v) is 3.22. The first-order valence-electron chi connectivity index (χ1n) is 5.74. The summed E-state index contributed by atoms with van der Waals surface area (Å²) in [5, 5.41) is 10.7. The van der Waals surface area contributed by atoms with Gasteiger partial charge in [-0.1, -0.05) is 20.4 Å². The Labute approximate surface area is 116 Å². The van der Waals surface area contributed by atoms with Crippen molar-refractivity contribution in [3.05, 3.63) is 46.3 Å². The second kappa shape index (κ2) is 7.67. The Bertz CT molecular complexity index is 557. The molecule has 0 spiro atoms. The van der Waals surface area contributed by atoms with Gasteiger partial charge in [-0.3, -0.25) is 14.9 Å². The van der Waals surface area contributed by atoms with Crippen LogP contribution in [0.15, 0.2) is 19.4 Å². The Morgan fingerprint density at radius 2 is 2.00 bits per heavy atom. The topological polar surface area (TPSA) is 102 Å². The van der Waals surface area contributed by atoms with Crippen LogP contribution in [-0.2, 0) is 9.53 Å². The number of methoxy groups -OCH3 is 1. The van der Waals surface area contributed by atoms with Gasteiger partial charge in [-0.25, -0.2) is 4.79 Å². The lowest BCUT2D eigenvalue weighted by molar-refractivity contribution is -0.375. The number of ether oxygens (including phenoxy) is 1. The number of aromatic amines is 1. The fourth-order valence-electron chi connectivity index (χ4n) is 1.38. The molecule has 0 aromatic carbocycles. The number of rotatable bonds is 5. The summed E-state index contributed by atoms with van der Waals surface area (Å²) in [4.78, 5) is 35.4. The molecule has 0 saturated carbocycles. The van der Waals surface area contributed by atoms with E-state index in [2.05, 4.69) is 22.9 Å². The van der Waals surface area contributed by atoms with Gasteiger partial charge in [0, 0.05) is 6.20 Å². The molecule has 1 N–H and O–H groups in total. The molecule has 0 atom stereocenters. The number of hydrogen-bond donors (Lipinski definition) is 1. The van der Waals surface area contributed by atoms with Crippen LogP contribution in [0.25, 0.3) is 11.8 Å². The molecule has 108 valence electrons. The van der Waals surface area contributed by atoms with Crippen molar-refractivity contribution in [1.29, 1.82) is 0 Å². The summed E-state index contributed by atoms with van der Waals surface area (Å²) in [5.74, 6) is -2.10. The number of nitrogens with zero attached hydrogens (tertiary/aromatic N) is 1. The van der Waals surface area contributed by atoms with Crippen LogP contribution in [0.2, 0.25) is 0 Å². The first-order chi connectivity index (χ1) is 9.43. The van der Waals surface area contributed by atoms with E-state index in [-0.39, 0.29) is 16.8 Å². The minimum absolute atomic E-state index is 0.0644. The van der Waals surface area contributed by atoms with Gasteiger partial charge in [-0.05, 0) is 12.7 Å². The highest BCUT2D eigenvalue weighted by atomic mass is 16.6. The maximum atomic E-state index is 11.7. The molecule has 1 rings (SSSR count). The van der Waals surface area contributed by atoms with Crippen LogP contribution in [0.5, 0.6) is 0 Å². The van der Waals surface area contributed by atoms with Crippen molar-refractivity contribution in [3.63, 3.8) is 0 Å². The van der Waals surface area contributed by atoms with Crippen LogP contribution >= 0.6 is 0 Å². The number of carbonyl (C=O) groups is 2. The van der Waals surface area contributed by atoms with Gasteiger partial charge in [0.05, 0.1) is 28.9 Å². The van der Waals surface area contributed by atoms with Crippen LogP contribution in [-0.4, -0.2) is 28.8 Å². The van der Waals surface area contributed by atoms with E-state index < -0.39 is 22.4 Å². The van der Waals surface area contributed by atoms with Crippen LogP contribution in [0.4, 0.5) is 0 Å². The van der Waals surface area contributed by atoms with Crippen LogP contribution in [0.3, 0.4) is 0 Å². The zero-order valence-corrected chi connectivity index (χ0v) is 11.6. The number of nitrogens with one attached hydrogen (secondary N) is 1. The molecular weight excluding hydrogens is 264 g/mol. The van der Waals surface area contributed by atoms with Crippen molar-refractivity contribution in [2.24, 2.45) is 0 Å². The largest absolute Gasteiger partial charge is 0.463 e.